The molecule has 7 heteroatoms. The monoisotopic (exact) mass is 406 g/mol. The van der Waals surface area contributed by atoms with E-state index < -0.39 is 0 Å². The fourth-order valence-corrected chi connectivity index (χ4v) is 6.21. The Morgan fingerprint density at radius 2 is 2.07 bits per heavy atom. The van der Waals surface area contributed by atoms with Gasteiger partial charge in [0.15, 0.2) is 0 Å². The number of hydrogen-bond donors (Lipinski definition) is 0. The highest BCUT2D eigenvalue weighted by Crippen LogP contribution is 2.30. The highest BCUT2D eigenvalue weighted by Gasteiger charge is 2.33. The molecule has 0 radical (unpaired) electrons. The molecule has 2 aliphatic heterocycles. The number of thioether (sulfide) groups is 1. The van der Waals surface area contributed by atoms with E-state index in [0.717, 1.165) is 48.1 Å². The minimum atomic E-state index is -0.289. The summed E-state index contributed by atoms with van der Waals surface area (Å²) >= 11 is 3.08. The molecule has 0 N–H and O–H groups in total. The predicted molar refractivity (Wildman–Crippen MR) is 109 cm³/mol. The van der Waals surface area contributed by atoms with Crippen LogP contribution >= 0.6 is 23.1 Å². The Morgan fingerprint density at radius 1 is 1.22 bits per heavy atom. The smallest absolute Gasteiger partial charge is 0.264 e. The number of fused-ring (bicyclic) bond motifs is 1. The molecule has 2 aromatic rings. The summed E-state index contributed by atoms with van der Waals surface area (Å²) in [5, 5.41) is 0.985. The lowest BCUT2D eigenvalue weighted by atomic mass is 10.0. The van der Waals surface area contributed by atoms with E-state index in [1.807, 2.05) is 18.0 Å². The number of benzene rings is 1. The van der Waals surface area contributed by atoms with Crippen LogP contribution in [0.4, 0.5) is 4.39 Å². The van der Waals surface area contributed by atoms with E-state index in [0.29, 0.717) is 11.4 Å². The SMILES string of the molecule is CN(C(=O)c1cc2ccc(F)cc2s1)C1CCCN(C(=O)C2CCCS2)C1. The molecule has 0 saturated carbocycles. The number of rotatable bonds is 3. The summed E-state index contributed by atoms with van der Waals surface area (Å²) in [7, 11) is 1.82. The van der Waals surface area contributed by atoms with Crippen molar-refractivity contribution in [1.82, 2.24) is 9.80 Å². The molecule has 0 bridgehead atoms. The van der Waals surface area contributed by atoms with Crippen molar-refractivity contribution in [2.24, 2.45) is 0 Å². The molecule has 3 heterocycles. The van der Waals surface area contributed by atoms with Gasteiger partial charge in [0.25, 0.3) is 5.91 Å². The minimum Gasteiger partial charge on any atom is -0.340 e. The molecular formula is C20H23FN2O2S2. The highest BCUT2D eigenvalue weighted by molar-refractivity contribution is 8.00. The first-order chi connectivity index (χ1) is 13.0. The molecule has 4 rings (SSSR count). The van der Waals surface area contributed by atoms with Crippen molar-refractivity contribution >= 4 is 45.0 Å². The fraction of sp³-hybridized carbons (Fsp3) is 0.500. The van der Waals surface area contributed by atoms with Crippen molar-refractivity contribution in [3.63, 3.8) is 0 Å². The van der Waals surface area contributed by atoms with Crippen LogP contribution in [-0.2, 0) is 4.79 Å². The highest BCUT2D eigenvalue weighted by atomic mass is 32.2. The summed E-state index contributed by atoms with van der Waals surface area (Å²) < 4.78 is 14.2. The van der Waals surface area contributed by atoms with Crippen molar-refractivity contribution in [1.29, 1.82) is 0 Å². The number of amides is 2. The summed E-state index contributed by atoms with van der Waals surface area (Å²) in [6, 6.07) is 6.45. The maximum atomic E-state index is 13.4. The summed E-state index contributed by atoms with van der Waals surface area (Å²) in [6.07, 6.45) is 3.91. The van der Waals surface area contributed by atoms with Gasteiger partial charge in [-0.3, -0.25) is 9.59 Å². The van der Waals surface area contributed by atoms with Crippen LogP contribution in [0.25, 0.3) is 10.1 Å². The van der Waals surface area contributed by atoms with Crippen LogP contribution in [0.2, 0.25) is 0 Å². The van der Waals surface area contributed by atoms with Crippen LogP contribution in [0.15, 0.2) is 24.3 Å². The second-order valence-electron chi connectivity index (χ2n) is 7.29. The van der Waals surface area contributed by atoms with Crippen molar-refractivity contribution in [2.75, 3.05) is 25.9 Å². The van der Waals surface area contributed by atoms with Gasteiger partial charge in [0, 0.05) is 30.9 Å². The number of carbonyl (C=O) groups excluding carboxylic acids is 2. The van der Waals surface area contributed by atoms with Gasteiger partial charge in [0.2, 0.25) is 5.91 Å². The van der Waals surface area contributed by atoms with Gasteiger partial charge in [0.1, 0.15) is 5.82 Å². The third-order valence-electron chi connectivity index (χ3n) is 5.47. The molecule has 0 aliphatic carbocycles. The molecular weight excluding hydrogens is 383 g/mol. The Morgan fingerprint density at radius 3 is 2.85 bits per heavy atom. The predicted octanol–water partition coefficient (Wildman–Crippen LogP) is 4.00. The average molecular weight is 407 g/mol. The van der Waals surface area contributed by atoms with E-state index in [1.165, 1.54) is 23.5 Å². The van der Waals surface area contributed by atoms with E-state index in [-0.39, 0.29) is 28.9 Å². The Hall–Kier alpha value is -1.60. The van der Waals surface area contributed by atoms with Crippen molar-refractivity contribution in [3.8, 4) is 0 Å². The van der Waals surface area contributed by atoms with E-state index in [2.05, 4.69) is 0 Å². The third kappa shape index (κ3) is 3.85. The van der Waals surface area contributed by atoms with Gasteiger partial charge in [0.05, 0.1) is 10.1 Å². The Kier molecular flexibility index (Phi) is 5.41. The number of likely N-dealkylation sites (tertiary alicyclic amines) is 1. The zero-order valence-electron chi connectivity index (χ0n) is 15.3. The molecule has 1 aromatic carbocycles. The molecule has 27 heavy (non-hydrogen) atoms. The minimum absolute atomic E-state index is 0.0311. The molecule has 2 fully saturated rings. The zero-order chi connectivity index (χ0) is 19.0. The molecule has 2 aliphatic rings. The van der Waals surface area contributed by atoms with Gasteiger partial charge >= 0.3 is 0 Å². The Bertz CT molecular complexity index is 863. The van der Waals surface area contributed by atoms with Crippen molar-refractivity contribution < 1.29 is 14.0 Å². The van der Waals surface area contributed by atoms with Crippen LogP contribution in [0.3, 0.4) is 0 Å². The summed E-state index contributed by atoms with van der Waals surface area (Å²) in [4.78, 5) is 30.0. The van der Waals surface area contributed by atoms with E-state index in [1.54, 1.807) is 22.7 Å². The van der Waals surface area contributed by atoms with Crippen LogP contribution in [-0.4, -0.2) is 58.8 Å². The lowest BCUT2D eigenvalue weighted by Gasteiger charge is -2.38. The second-order valence-corrected chi connectivity index (χ2v) is 9.69. The van der Waals surface area contributed by atoms with Gasteiger partial charge in [-0.2, -0.15) is 0 Å². The topological polar surface area (TPSA) is 40.6 Å². The summed E-state index contributed by atoms with van der Waals surface area (Å²) in [6.45, 7) is 1.40. The van der Waals surface area contributed by atoms with Crippen LogP contribution in [0.1, 0.15) is 35.4 Å². The van der Waals surface area contributed by atoms with Crippen molar-refractivity contribution in [3.05, 3.63) is 35.0 Å². The maximum Gasteiger partial charge on any atom is 0.264 e. The molecule has 1 aromatic heterocycles. The lowest BCUT2D eigenvalue weighted by Crippen LogP contribution is -2.51. The molecule has 2 saturated heterocycles. The first-order valence-electron chi connectivity index (χ1n) is 9.39. The normalized spacial score (nSPS) is 23.0. The molecule has 2 atom stereocenters. The van der Waals surface area contributed by atoms with Crippen LogP contribution in [0, 0.1) is 5.82 Å². The molecule has 2 unspecified atom stereocenters. The number of carbonyl (C=O) groups is 2. The number of hydrogen-bond acceptors (Lipinski definition) is 4. The molecule has 144 valence electrons. The number of thiophene rings is 1. The molecule has 2 amide bonds. The first kappa shape index (κ1) is 18.7. The average Bonchev–Trinajstić information content (AvgIpc) is 3.35. The maximum absolute atomic E-state index is 13.4. The van der Waals surface area contributed by atoms with Crippen LogP contribution in [0.5, 0.6) is 0 Å². The quantitative estimate of drug-likeness (QED) is 0.774. The van der Waals surface area contributed by atoms with E-state index in [4.69, 9.17) is 0 Å². The van der Waals surface area contributed by atoms with Gasteiger partial charge in [-0.25, -0.2) is 4.39 Å². The van der Waals surface area contributed by atoms with Gasteiger partial charge < -0.3 is 9.80 Å². The van der Waals surface area contributed by atoms with Crippen molar-refractivity contribution in [2.45, 2.75) is 37.0 Å². The summed E-state index contributed by atoms with van der Waals surface area (Å²) in [5.74, 6) is 0.966. The lowest BCUT2D eigenvalue weighted by molar-refractivity contribution is -0.132. The van der Waals surface area contributed by atoms with E-state index in [9.17, 15) is 14.0 Å². The number of halogens is 1. The Labute approximate surface area is 166 Å². The number of likely N-dealkylation sites (N-methyl/N-ethyl adjacent to an activating group) is 1. The van der Waals surface area contributed by atoms with Gasteiger partial charge in [-0.1, -0.05) is 6.07 Å². The van der Waals surface area contributed by atoms with Crippen LogP contribution < -0.4 is 0 Å². The molecule has 0 spiro atoms. The summed E-state index contributed by atoms with van der Waals surface area (Å²) in [5.41, 5.74) is 0. The zero-order valence-corrected chi connectivity index (χ0v) is 17.0. The number of piperidine rings is 1. The Balaban J connectivity index is 1.46. The number of nitrogens with zero attached hydrogens (tertiary/aromatic N) is 2. The largest absolute Gasteiger partial charge is 0.340 e. The van der Waals surface area contributed by atoms with E-state index >= 15 is 0 Å². The fourth-order valence-electron chi connectivity index (χ4n) is 3.90. The second kappa shape index (κ2) is 7.80. The molecule has 4 nitrogen and oxygen atoms in total. The first-order valence-corrected chi connectivity index (χ1v) is 11.3. The van der Waals surface area contributed by atoms with Gasteiger partial charge in [-0.05, 0) is 55.0 Å². The van der Waals surface area contributed by atoms with Gasteiger partial charge in [-0.15, -0.1) is 23.1 Å². The third-order valence-corrected chi connectivity index (χ3v) is 7.92. The standard InChI is InChI=1S/C20H23FN2O2S2/c1-22(19(24)18-10-13-6-7-14(21)11-17(13)27-18)15-4-2-8-23(12-15)20(25)16-5-3-9-26-16/h6-7,10-11,15-16H,2-5,8-9,12H2,1H3.